The van der Waals surface area contributed by atoms with E-state index in [-0.39, 0.29) is 11.9 Å². The molecule has 1 saturated heterocycles. The molecular formula is C19H22N2O2. The van der Waals surface area contributed by atoms with Crippen molar-refractivity contribution in [1.29, 1.82) is 0 Å². The second-order valence-corrected chi connectivity index (χ2v) is 5.88. The minimum atomic E-state index is 0.0702. The van der Waals surface area contributed by atoms with Gasteiger partial charge in [0.15, 0.2) is 0 Å². The first kappa shape index (κ1) is 15.5. The summed E-state index contributed by atoms with van der Waals surface area (Å²) in [4.78, 5) is 19.0. The van der Waals surface area contributed by atoms with Crippen LogP contribution in [0.4, 0.5) is 0 Å². The molecule has 4 nitrogen and oxygen atoms in total. The van der Waals surface area contributed by atoms with Crippen LogP contribution >= 0.6 is 0 Å². The van der Waals surface area contributed by atoms with Gasteiger partial charge in [0.1, 0.15) is 5.75 Å². The van der Waals surface area contributed by atoms with Crippen LogP contribution in [-0.4, -0.2) is 29.4 Å². The van der Waals surface area contributed by atoms with Crippen LogP contribution < -0.4 is 4.74 Å². The minimum absolute atomic E-state index is 0.0702. The molecule has 1 aromatic carbocycles. The first-order valence-corrected chi connectivity index (χ1v) is 8.14. The number of hydrogen-bond donors (Lipinski definition) is 0. The second-order valence-electron chi connectivity index (χ2n) is 5.88. The van der Waals surface area contributed by atoms with E-state index in [0.29, 0.717) is 5.56 Å². The van der Waals surface area contributed by atoms with Gasteiger partial charge in [-0.2, -0.15) is 0 Å². The van der Waals surface area contributed by atoms with E-state index in [1.807, 2.05) is 29.2 Å². The highest BCUT2D eigenvalue weighted by molar-refractivity contribution is 5.94. The molecule has 1 atom stereocenters. The van der Waals surface area contributed by atoms with Crippen LogP contribution in [0.25, 0.3) is 0 Å². The molecule has 0 N–H and O–H groups in total. The lowest BCUT2D eigenvalue weighted by atomic mass is 10.00. The zero-order valence-corrected chi connectivity index (χ0v) is 13.4. The Labute approximate surface area is 137 Å². The lowest BCUT2D eigenvalue weighted by Crippen LogP contribution is -2.34. The molecule has 2 heterocycles. The third-order valence-corrected chi connectivity index (χ3v) is 4.42. The lowest BCUT2D eigenvalue weighted by molar-refractivity contribution is 0.0680. The van der Waals surface area contributed by atoms with Gasteiger partial charge in [0.2, 0.25) is 0 Å². The molecule has 2 aromatic rings. The highest BCUT2D eigenvalue weighted by Crippen LogP contribution is 2.32. The number of ether oxygens (including phenoxy) is 1. The molecule has 23 heavy (non-hydrogen) atoms. The fraction of sp³-hybridized carbons (Fsp3) is 0.368. The van der Waals surface area contributed by atoms with E-state index < -0.39 is 0 Å². The number of rotatable bonds is 3. The first-order chi connectivity index (χ1) is 11.3. The van der Waals surface area contributed by atoms with Crippen molar-refractivity contribution in [2.24, 2.45) is 0 Å². The van der Waals surface area contributed by atoms with Crippen LogP contribution in [0.1, 0.15) is 47.6 Å². The standard InChI is InChI=1S/C19H22N2O2/c1-23-17-10-8-15(9-11-17)18-7-3-2-4-13-21(18)19(22)16-6-5-12-20-14-16/h5-6,8-12,14,18H,2-4,7,13H2,1H3/t18-/m1/s1. The van der Waals surface area contributed by atoms with Gasteiger partial charge < -0.3 is 9.64 Å². The van der Waals surface area contributed by atoms with Crippen molar-refractivity contribution < 1.29 is 9.53 Å². The maximum absolute atomic E-state index is 12.9. The zero-order chi connectivity index (χ0) is 16.1. The summed E-state index contributed by atoms with van der Waals surface area (Å²) in [6.07, 6.45) is 7.71. The number of carbonyl (C=O) groups excluding carboxylic acids is 1. The Morgan fingerprint density at radius 3 is 2.70 bits per heavy atom. The first-order valence-electron chi connectivity index (χ1n) is 8.14. The Morgan fingerprint density at radius 2 is 2.00 bits per heavy atom. The number of carbonyl (C=O) groups is 1. The Balaban J connectivity index is 1.89. The van der Waals surface area contributed by atoms with Crippen molar-refractivity contribution in [2.75, 3.05) is 13.7 Å². The molecule has 1 fully saturated rings. The average molecular weight is 310 g/mol. The third-order valence-electron chi connectivity index (χ3n) is 4.42. The van der Waals surface area contributed by atoms with Crippen molar-refractivity contribution in [2.45, 2.75) is 31.7 Å². The van der Waals surface area contributed by atoms with Crippen molar-refractivity contribution in [1.82, 2.24) is 9.88 Å². The van der Waals surface area contributed by atoms with Gasteiger partial charge in [0, 0.05) is 18.9 Å². The van der Waals surface area contributed by atoms with Gasteiger partial charge in [-0.15, -0.1) is 0 Å². The normalized spacial score (nSPS) is 18.3. The molecule has 0 bridgehead atoms. The predicted octanol–water partition coefficient (Wildman–Crippen LogP) is 3.85. The molecule has 1 aromatic heterocycles. The number of nitrogens with zero attached hydrogens (tertiary/aromatic N) is 2. The van der Waals surface area contributed by atoms with Crippen LogP contribution in [0, 0.1) is 0 Å². The molecule has 1 aliphatic rings. The number of methoxy groups -OCH3 is 1. The van der Waals surface area contributed by atoms with Gasteiger partial charge in [-0.05, 0) is 42.7 Å². The number of amides is 1. The number of likely N-dealkylation sites (tertiary alicyclic amines) is 1. The Kier molecular flexibility index (Phi) is 4.91. The van der Waals surface area contributed by atoms with E-state index in [1.165, 1.54) is 12.0 Å². The van der Waals surface area contributed by atoms with E-state index in [0.717, 1.165) is 31.6 Å². The van der Waals surface area contributed by atoms with E-state index in [4.69, 9.17) is 4.74 Å². The van der Waals surface area contributed by atoms with Crippen LogP contribution in [-0.2, 0) is 0 Å². The van der Waals surface area contributed by atoms with E-state index in [1.54, 1.807) is 19.5 Å². The maximum atomic E-state index is 12.9. The van der Waals surface area contributed by atoms with Gasteiger partial charge in [-0.25, -0.2) is 0 Å². The Hall–Kier alpha value is -2.36. The Morgan fingerprint density at radius 1 is 1.17 bits per heavy atom. The van der Waals surface area contributed by atoms with Crippen LogP contribution in [0.15, 0.2) is 48.8 Å². The fourth-order valence-electron chi connectivity index (χ4n) is 3.18. The zero-order valence-electron chi connectivity index (χ0n) is 13.4. The second kappa shape index (κ2) is 7.27. The van der Waals surface area contributed by atoms with E-state index in [2.05, 4.69) is 17.1 Å². The largest absolute Gasteiger partial charge is 0.497 e. The van der Waals surface area contributed by atoms with Crippen molar-refractivity contribution in [3.63, 3.8) is 0 Å². The summed E-state index contributed by atoms with van der Waals surface area (Å²) in [7, 11) is 1.67. The summed E-state index contributed by atoms with van der Waals surface area (Å²) in [6.45, 7) is 0.796. The molecule has 0 spiro atoms. The van der Waals surface area contributed by atoms with Crippen molar-refractivity contribution in [3.8, 4) is 5.75 Å². The number of pyridine rings is 1. The molecule has 0 saturated carbocycles. The van der Waals surface area contributed by atoms with E-state index in [9.17, 15) is 4.79 Å². The maximum Gasteiger partial charge on any atom is 0.255 e. The van der Waals surface area contributed by atoms with Crippen LogP contribution in [0.3, 0.4) is 0 Å². The van der Waals surface area contributed by atoms with Crippen molar-refractivity contribution in [3.05, 3.63) is 59.9 Å². The molecule has 4 heteroatoms. The average Bonchev–Trinajstić information content (AvgIpc) is 2.88. The lowest BCUT2D eigenvalue weighted by Gasteiger charge is -2.30. The molecule has 0 radical (unpaired) electrons. The highest BCUT2D eigenvalue weighted by Gasteiger charge is 2.27. The minimum Gasteiger partial charge on any atom is -0.497 e. The summed E-state index contributed by atoms with van der Waals surface area (Å²) in [6, 6.07) is 11.8. The van der Waals surface area contributed by atoms with Gasteiger partial charge in [0.25, 0.3) is 5.91 Å². The van der Waals surface area contributed by atoms with Gasteiger partial charge >= 0.3 is 0 Å². The van der Waals surface area contributed by atoms with Crippen LogP contribution in [0.2, 0.25) is 0 Å². The SMILES string of the molecule is COc1ccc([C@H]2CCCCCN2C(=O)c2cccnc2)cc1. The molecule has 0 aliphatic carbocycles. The fourth-order valence-corrected chi connectivity index (χ4v) is 3.18. The van der Waals surface area contributed by atoms with Gasteiger partial charge in [0.05, 0.1) is 18.7 Å². The highest BCUT2D eigenvalue weighted by atomic mass is 16.5. The predicted molar refractivity (Wildman–Crippen MR) is 89.5 cm³/mol. The summed E-state index contributed by atoms with van der Waals surface area (Å²) in [5, 5.41) is 0. The van der Waals surface area contributed by atoms with Gasteiger partial charge in [-0.1, -0.05) is 25.0 Å². The quantitative estimate of drug-likeness (QED) is 0.865. The molecule has 1 aliphatic heterocycles. The molecule has 1 amide bonds. The third kappa shape index (κ3) is 3.52. The summed E-state index contributed by atoms with van der Waals surface area (Å²) in [5.74, 6) is 0.910. The monoisotopic (exact) mass is 310 g/mol. The summed E-state index contributed by atoms with van der Waals surface area (Å²) >= 11 is 0. The molecule has 3 rings (SSSR count). The molecular weight excluding hydrogens is 288 g/mol. The van der Waals surface area contributed by atoms with Crippen LogP contribution in [0.5, 0.6) is 5.75 Å². The molecule has 0 unspecified atom stereocenters. The van der Waals surface area contributed by atoms with Gasteiger partial charge in [-0.3, -0.25) is 9.78 Å². The number of hydrogen-bond acceptors (Lipinski definition) is 3. The number of benzene rings is 1. The smallest absolute Gasteiger partial charge is 0.255 e. The Bertz CT molecular complexity index is 640. The summed E-state index contributed by atoms with van der Waals surface area (Å²) in [5.41, 5.74) is 1.83. The number of aromatic nitrogens is 1. The van der Waals surface area contributed by atoms with Crippen molar-refractivity contribution >= 4 is 5.91 Å². The van der Waals surface area contributed by atoms with E-state index >= 15 is 0 Å². The summed E-state index contributed by atoms with van der Waals surface area (Å²) < 4.78 is 5.24. The molecule has 120 valence electrons. The topological polar surface area (TPSA) is 42.4 Å².